The fourth-order valence-corrected chi connectivity index (χ4v) is 3.30. The molecule has 2 amide bonds. The molecule has 3 rings (SSSR count). The number of nitrogens with zero attached hydrogens (tertiary/aromatic N) is 3. The molecule has 0 spiro atoms. The van der Waals surface area contributed by atoms with Crippen molar-refractivity contribution in [1.82, 2.24) is 9.80 Å². The van der Waals surface area contributed by atoms with Crippen molar-refractivity contribution in [2.75, 3.05) is 63.2 Å². The second-order valence-corrected chi connectivity index (χ2v) is 7.33. The topological polar surface area (TPSA) is 78.3 Å². The van der Waals surface area contributed by atoms with Gasteiger partial charge in [0.25, 0.3) is 0 Å². The lowest BCUT2D eigenvalue weighted by Gasteiger charge is -2.29. The van der Waals surface area contributed by atoms with E-state index in [1.165, 1.54) is 0 Å². The Bertz CT molecular complexity index is 801. The van der Waals surface area contributed by atoms with Crippen molar-refractivity contribution in [2.45, 2.75) is 13.5 Å². The van der Waals surface area contributed by atoms with Gasteiger partial charge in [0.15, 0.2) is 0 Å². The average molecular weight is 415 g/mol. The summed E-state index contributed by atoms with van der Waals surface area (Å²) in [7, 11) is 1.73. The monoisotopic (exact) mass is 414 g/mol. The van der Waals surface area contributed by atoms with Gasteiger partial charge in [-0.3, -0.25) is 14.5 Å². The Kier molecular flexibility index (Phi) is 7.87. The average Bonchev–Trinajstić information content (AvgIpc) is 3.27. The van der Waals surface area contributed by atoms with Gasteiger partial charge in [0.05, 0.1) is 39.1 Å². The van der Waals surface area contributed by atoms with Crippen molar-refractivity contribution in [1.29, 1.82) is 0 Å². The predicted octanol–water partition coefficient (Wildman–Crippen LogP) is 2.04. The van der Waals surface area contributed by atoms with Crippen LogP contribution in [-0.2, 0) is 20.9 Å². The van der Waals surface area contributed by atoms with Gasteiger partial charge in [-0.15, -0.1) is 0 Å². The molecule has 0 unspecified atom stereocenters. The number of hydrogen-bond acceptors (Lipinski definition) is 6. The third-order valence-electron chi connectivity index (χ3n) is 5.10. The predicted molar refractivity (Wildman–Crippen MR) is 115 cm³/mol. The molecule has 162 valence electrons. The summed E-state index contributed by atoms with van der Waals surface area (Å²) in [5.41, 5.74) is 1.87. The molecule has 1 saturated heterocycles. The molecule has 1 aliphatic rings. The maximum absolute atomic E-state index is 12.5. The lowest BCUT2D eigenvalue weighted by atomic mass is 10.2. The quantitative estimate of drug-likeness (QED) is 0.677. The molecule has 30 heavy (non-hydrogen) atoms. The number of morpholine rings is 1. The number of anilines is 2. The number of ether oxygens (including phenoxy) is 1. The minimum Gasteiger partial charge on any atom is -0.467 e. The molecule has 0 radical (unpaired) electrons. The summed E-state index contributed by atoms with van der Waals surface area (Å²) in [6.45, 7) is 6.50. The molecule has 1 aromatic carbocycles. The van der Waals surface area contributed by atoms with Crippen molar-refractivity contribution in [2.24, 2.45) is 0 Å². The highest BCUT2D eigenvalue weighted by Crippen LogP contribution is 2.19. The molecule has 2 aromatic rings. The van der Waals surface area contributed by atoms with Gasteiger partial charge in [-0.1, -0.05) is 6.92 Å². The minimum absolute atomic E-state index is 0.0593. The second kappa shape index (κ2) is 10.8. The highest BCUT2D eigenvalue weighted by molar-refractivity contribution is 5.92. The molecule has 1 N–H and O–H groups in total. The molecule has 1 aliphatic heterocycles. The fourth-order valence-electron chi connectivity index (χ4n) is 3.30. The van der Waals surface area contributed by atoms with Crippen LogP contribution in [0.2, 0.25) is 0 Å². The summed E-state index contributed by atoms with van der Waals surface area (Å²) in [4.78, 5) is 30.6. The van der Waals surface area contributed by atoms with Crippen LogP contribution < -0.4 is 10.2 Å². The Morgan fingerprint density at radius 3 is 2.47 bits per heavy atom. The van der Waals surface area contributed by atoms with E-state index in [4.69, 9.17) is 9.15 Å². The normalized spacial score (nSPS) is 14.0. The van der Waals surface area contributed by atoms with E-state index >= 15 is 0 Å². The third-order valence-corrected chi connectivity index (χ3v) is 5.10. The summed E-state index contributed by atoms with van der Waals surface area (Å²) >= 11 is 0. The number of carbonyl (C=O) groups excluding carboxylic acids is 2. The molecule has 0 atom stereocenters. The van der Waals surface area contributed by atoms with Crippen LogP contribution in [0.4, 0.5) is 11.4 Å². The minimum atomic E-state index is -0.141. The zero-order valence-electron chi connectivity index (χ0n) is 17.7. The van der Waals surface area contributed by atoms with Crippen LogP contribution in [0.15, 0.2) is 47.1 Å². The van der Waals surface area contributed by atoms with Gasteiger partial charge in [0.2, 0.25) is 11.8 Å². The van der Waals surface area contributed by atoms with E-state index in [0.717, 1.165) is 43.4 Å². The third kappa shape index (κ3) is 6.33. The highest BCUT2D eigenvalue weighted by atomic mass is 16.5. The van der Waals surface area contributed by atoms with E-state index in [9.17, 15) is 9.59 Å². The first-order chi connectivity index (χ1) is 14.5. The Hall–Kier alpha value is -2.84. The van der Waals surface area contributed by atoms with Gasteiger partial charge >= 0.3 is 0 Å². The van der Waals surface area contributed by atoms with Crippen LogP contribution in [0.5, 0.6) is 0 Å². The summed E-state index contributed by atoms with van der Waals surface area (Å²) < 4.78 is 10.7. The van der Waals surface area contributed by atoms with E-state index in [0.29, 0.717) is 13.1 Å². The number of carbonyl (C=O) groups is 2. The van der Waals surface area contributed by atoms with E-state index in [-0.39, 0.29) is 24.9 Å². The Labute approximate surface area is 177 Å². The molecular weight excluding hydrogens is 384 g/mol. The first-order valence-corrected chi connectivity index (χ1v) is 10.3. The first kappa shape index (κ1) is 21.9. The Balaban J connectivity index is 1.46. The summed E-state index contributed by atoms with van der Waals surface area (Å²) in [6, 6.07) is 11.4. The van der Waals surface area contributed by atoms with Crippen LogP contribution in [0, 0.1) is 0 Å². The van der Waals surface area contributed by atoms with Crippen molar-refractivity contribution in [3.8, 4) is 0 Å². The number of furan rings is 1. The lowest BCUT2D eigenvalue weighted by Crippen LogP contribution is -2.41. The van der Waals surface area contributed by atoms with E-state index in [1.54, 1.807) is 24.3 Å². The molecule has 8 heteroatoms. The second-order valence-electron chi connectivity index (χ2n) is 7.33. The Morgan fingerprint density at radius 1 is 1.10 bits per heavy atom. The standard InChI is InChI=1S/C22H30N4O4/c1-3-25(17-22(28)24(2)15-20-5-4-12-30-20)16-21(27)23-18-6-8-19(9-7-18)26-10-13-29-14-11-26/h4-9,12H,3,10-11,13-17H2,1-2H3,(H,23,27). The molecule has 0 bridgehead atoms. The Morgan fingerprint density at radius 2 is 1.83 bits per heavy atom. The number of amides is 2. The van der Waals surface area contributed by atoms with Crippen LogP contribution in [-0.4, -0.2) is 74.6 Å². The van der Waals surface area contributed by atoms with Gasteiger partial charge < -0.3 is 24.3 Å². The van der Waals surface area contributed by atoms with Gasteiger partial charge in [0.1, 0.15) is 5.76 Å². The number of benzene rings is 1. The largest absolute Gasteiger partial charge is 0.467 e. The smallest absolute Gasteiger partial charge is 0.238 e. The van der Waals surface area contributed by atoms with Gasteiger partial charge in [-0.2, -0.15) is 0 Å². The SMILES string of the molecule is CCN(CC(=O)Nc1ccc(N2CCOCC2)cc1)CC(=O)N(C)Cc1ccco1. The molecule has 2 heterocycles. The highest BCUT2D eigenvalue weighted by Gasteiger charge is 2.17. The summed E-state index contributed by atoms with van der Waals surface area (Å²) in [5.74, 6) is 0.528. The first-order valence-electron chi connectivity index (χ1n) is 10.3. The summed E-state index contributed by atoms with van der Waals surface area (Å²) in [6.07, 6.45) is 1.59. The fraction of sp³-hybridized carbons (Fsp3) is 0.455. The van der Waals surface area contributed by atoms with Crippen LogP contribution in [0.3, 0.4) is 0 Å². The van der Waals surface area contributed by atoms with Crippen molar-refractivity contribution in [3.05, 3.63) is 48.4 Å². The van der Waals surface area contributed by atoms with Gasteiger partial charge in [0, 0.05) is 31.5 Å². The van der Waals surface area contributed by atoms with Gasteiger partial charge in [-0.25, -0.2) is 0 Å². The van der Waals surface area contributed by atoms with Gasteiger partial charge in [-0.05, 0) is 42.9 Å². The number of rotatable bonds is 9. The van der Waals surface area contributed by atoms with Crippen molar-refractivity contribution in [3.63, 3.8) is 0 Å². The van der Waals surface area contributed by atoms with Crippen LogP contribution in [0.1, 0.15) is 12.7 Å². The number of hydrogen-bond donors (Lipinski definition) is 1. The molecule has 8 nitrogen and oxygen atoms in total. The van der Waals surface area contributed by atoms with Crippen LogP contribution >= 0.6 is 0 Å². The zero-order valence-corrected chi connectivity index (χ0v) is 17.7. The van der Waals surface area contributed by atoms with E-state index in [1.807, 2.05) is 42.2 Å². The van der Waals surface area contributed by atoms with E-state index < -0.39 is 0 Å². The summed E-state index contributed by atoms with van der Waals surface area (Å²) in [5, 5.41) is 2.91. The molecule has 1 aromatic heterocycles. The number of likely N-dealkylation sites (N-methyl/N-ethyl adjacent to an activating group) is 2. The maximum Gasteiger partial charge on any atom is 0.238 e. The molecule has 0 aliphatic carbocycles. The van der Waals surface area contributed by atoms with E-state index in [2.05, 4.69) is 10.2 Å². The maximum atomic E-state index is 12.5. The van der Waals surface area contributed by atoms with Crippen molar-refractivity contribution < 1.29 is 18.7 Å². The zero-order chi connectivity index (χ0) is 21.3. The molecule has 0 saturated carbocycles. The molecular formula is C22H30N4O4. The number of nitrogens with one attached hydrogen (secondary N) is 1. The van der Waals surface area contributed by atoms with Crippen LogP contribution in [0.25, 0.3) is 0 Å². The molecule has 1 fully saturated rings. The lowest BCUT2D eigenvalue weighted by molar-refractivity contribution is -0.132. The van der Waals surface area contributed by atoms with Crippen molar-refractivity contribution >= 4 is 23.2 Å².